The molecule has 0 heterocycles. The van der Waals surface area contributed by atoms with Gasteiger partial charge in [-0.15, -0.1) is 0 Å². The van der Waals surface area contributed by atoms with E-state index in [1.54, 1.807) is 24.3 Å². The number of rotatable bonds is 6. The molecule has 2 nitrogen and oxygen atoms in total. The van der Waals surface area contributed by atoms with Gasteiger partial charge in [0, 0.05) is 24.5 Å². The van der Waals surface area contributed by atoms with E-state index in [2.05, 4.69) is 54.6 Å². The molecule has 1 unspecified atom stereocenters. The number of nitrogens with zero attached hydrogens (tertiary/aromatic N) is 1. The van der Waals surface area contributed by atoms with Crippen LogP contribution in [-0.2, 0) is 26.2 Å². The minimum atomic E-state index is -2.04. The summed E-state index contributed by atoms with van der Waals surface area (Å²) < 4.78 is 43.4. The van der Waals surface area contributed by atoms with Gasteiger partial charge in [-0.05, 0) is 65.3 Å². The topological polar surface area (TPSA) is 20.3 Å². The van der Waals surface area contributed by atoms with Crippen LogP contribution in [0.5, 0.6) is 0 Å². The van der Waals surface area contributed by atoms with Crippen LogP contribution in [-0.4, -0.2) is 26.0 Å². The Morgan fingerprint density at radius 3 is 1.66 bits per heavy atom. The van der Waals surface area contributed by atoms with Gasteiger partial charge in [-0.1, -0.05) is 146 Å². The molecule has 0 spiro atoms. The van der Waals surface area contributed by atoms with Crippen molar-refractivity contribution in [1.82, 2.24) is 4.57 Å². The zero-order chi connectivity index (χ0) is 32.7. The van der Waals surface area contributed by atoms with Crippen molar-refractivity contribution < 1.29 is 35.0 Å². The van der Waals surface area contributed by atoms with Gasteiger partial charge in [-0.3, -0.25) is 0 Å². The average Bonchev–Trinajstić information content (AvgIpc) is 3.41. The summed E-state index contributed by atoms with van der Waals surface area (Å²) in [6.07, 6.45) is 10.7. The van der Waals surface area contributed by atoms with Crippen molar-refractivity contribution in [1.29, 1.82) is 0 Å². The molecule has 4 aromatic carbocycles. The molecule has 0 fully saturated rings. The second-order valence-electron chi connectivity index (χ2n) is 12.4. The first-order valence-electron chi connectivity index (χ1n) is 15.5. The summed E-state index contributed by atoms with van der Waals surface area (Å²) in [6, 6.07) is 35.7. The predicted octanol–water partition coefficient (Wildman–Crippen LogP) is 10.8. The molecule has 0 radical (unpaired) electrons. The number of allylic oxidation sites excluding steroid dienone is 6. The van der Waals surface area contributed by atoms with Gasteiger partial charge < -0.3 is 9.03 Å². The van der Waals surface area contributed by atoms with Crippen LogP contribution in [0, 0.1) is 5.92 Å². The number of halogens is 2. The zero-order valence-corrected chi connectivity index (χ0v) is 29.8. The van der Waals surface area contributed by atoms with Gasteiger partial charge in [0.2, 0.25) is 0 Å². The van der Waals surface area contributed by atoms with E-state index in [-0.39, 0.29) is 38.7 Å². The van der Waals surface area contributed by atoms with Crippen molar-refractivity contribution in [2.24, 2.45) is 5.92 Å². The Morgan fingerprint density at radius 1 is 0.723 bits per heavy atom. The molecule has 0 saturated carbocycles. The SMILES string of the molecule is C(C=Cc1ccccc1)=Cc1ccccc1.CN([Si](=O)CC1C=CC2=C1c1ccccc1C(=C(F)F)c1ccccc12)C(C)(C)C.[Ti+2]. The molecular weight excluding hydrogens is 636 g/mol. The van der Waals surface area contributed by atoms with Crippen LogP contribution in [0.1, 0.15) is 54.2 Å². The van der Waals surface area contributed by atoms with E-state index in [0.29, 0.717) is 17.2 Å². The van der Waals surface area contributed by atoms with Crippen LogP contribution in [0.15, 0.2) is 140 Å². The van der Waals surface area contributed by atoms with Crippen LogP contribution in [0.4, 0.5) is 8.78 Å². The number of benzene rings is 4. The molecule has 0 N–H and O–H groups in total. The maximum atomic E-state index is 14.2. The quantitative estimate of drug-likeness (QED) is 0.150. The van der Waals surface area contributed by atoms with E-state index in [1.165, 1.54) is 11.1 Å². The molecule has 2 aliphatic rings. The zero-order valence-electron chi connectivity index (χ0n) is 27.3. The molecule has 0 aliphatic heterocycles. The van der Waals surface area contributed by atoms with Gasteiger partial charge in [0.1, 0.15) is 0 Å². The van der Waals surface area contributed by atoms with Crippen LogP contribution in [0.3, 0.4) is 0 Å². The first kappa shape index (κ1) is 35.8. The third kappa shape index (κ3) is 8.66. The Hall–Kier alpha value is -4.03. The van der Waals surface area contributed by atoms with E-state index in [4.69, 9.17) is 0 Å². The third-order valence-corrected chi connectivity index (χ3v) is 10.6. The molecule has 4 aromatic rings. The number of fused-ring (bicyclic) bond motifs is 4. The fraction of sp³-hybridized carbons (Fsp3) is 0.171. The summed E-state index contributed by atoms with van der Waals surface area (Å²) in [4.78, 5) is 0. The van der Waals surface area contributed by atoms with E-state index >= 15 is 0 Å². The monoisotopic (exact) mass is 675 g/mol. The minimum absolute atomic E-state index is 0. The molecule has 6 heteroatoms. The molecule has 0 amide bonds. The number of hydrogen-bond donors (Lipinski definition) is 0. The van der Waals surface area contributed by atoms with Crippen LogP contribution >= 0.6 is 0 Å². The van der Waals surface area contributed by atoms with Gasteiger partial charge in [0.25, 0.3) is 6.08 Å². The van der Waals surface area contributed by atoms with Crippen molar-refractivity contribution in [3.63, 3.8) is 0 Å². The first-order chi connectivity index (χ1) is 22.1. The van der Waals surface area contributed by atoms with Crippen molar-refractivity contribution in [3.05, 3.63) is 173 Å². The summed E-state index contributed by atoms with van der Waals surface area (Å²) >= 11 is 0. The Bertz CT molecular complexity index is 1800. The summed E-state index contributed by atoms with van der Waals surface area (Å²) in [7, 11) is -0.145. The van der Waals surface area contributed by atoms with Crippen molar-refractivity contribution in [2.75, 3.05) is 7.05 Å². The third-order valence-electron chi connectivity index (χ3n) is 8.38. The van der Waals surface area contributed by atoms with Crippen LogP contribution in [0.2, 0.25) is 6.04 Å². The predicted molar refractivity (Wildman–Crippen MR) is 190 cm³/mol. The molecule has 2 aliphatic carbocycles. The van der Waals surface area contributed by atoms with Crippen LogP contribution < -0.4 is 0 Å². The largest absolute Gasteiger partial charge is 2.00 e. The van der Waals surface area contributed by atoms with Gasteiger partial charge >= 0.3 is 30.6 Å². The summed E-state index contributed by atoms with van der Waals surface area (Å²) in [6.45, 7) is 6.13. The maximum Gasteiger partial charge on any atom is 2.00 e. The minimum Gasteiger partial charge on any atom is -0.375 e. The number of hydrogen-bond acceptors (Lipinski definition) is 1. The van der Waals surface area contributed by atoms with E-state index in [1.807, 2.05) is 99.1 Å². The molecule has 0 aromatic heterocycles. The Balaban J connectivity index is 0.000000249. The molecule has 6 rings (SSSR count). The second-order valence-corrected chi connectivity index (χ2v) is 14.3. The van der Waals surface area contributed by atoms with Crippen molar-refractivity contribution >= 4 is 37.7 Å². The normalized spacial score (nSPS) is 14.9. The van der Waals surface area contributed by atoms with E-state index in [9.17, 15) is 13.2 Å². The smallest absolute Gasteiger partial charge is 0.375 e. The maximum absolute atomic E-state index is 14.2. The Kier molecular flexibility index (Phi) is 12.3. The van der Waals surface area contributed by atoms with Gasteiger partial charge in [0.05, 0.1) is 5.57 Å². The standard InChI is InChI=1S/C25H25F2NOSi.C16H14.Ti/c1-25(2,3)28(4)30(29)15-16-13-14-21-17-9-5-6-10-18(17)23(24(26)27)20-12-8-7-11-19(20)22(16)21;1-3-9-15(10-4-1)13-7-8-14-16-11-5-2-6-12-16;/h5-14,16H,15H2,1-4H3;1-14H;/q;;+2. The van der Waals surface area contributed by atoms with Gasteiger partial charge in [-0.25, -0.2) is 0 Å². The van der Waals surface area contributed by atoms with Gasteiger partial charge in [-0.2, -0.15) is 8.78 Å². The second kappa shape index (κ2) is 16.2. The fourth-order valence-electron chi connectivity index (χ4n) is 5.73. The van der Waals surface area contributed by atoms with E-state index in [0.717, 1.165) is 22.3 Å². The summed E-state index contributed by atoms with van der Waals surface area (Å²) in [5.74, 6) is -0.0765. The van der Waals surface area contributed by atoms with Crippen LogP contribution in [0.25, 0.3) is 28.9 Å². The Morgan fingerprint density at radius 2 is 1.17 bits per heavy atom. The van der Waals surface area contributed by atoms with Gasteiger partial charge in [0.15, 0.2) is 0 Å². The summed E-state index contributed by atoms with van der Waals surface area (Å²) in [5, 5.41) is 0. The average molecular weight is 676 g/mol. The molecule has 234 valence electrons. The molecule has 0 bridgehead atoms. The summed E-state index contributed by atoms with van der Waals surface area (Å²) in [5.41, 5.74) is 6.86. The van der Waals surface area contributed by atoms with Crippen molar-refractivity contribution in [3.8, 4) is 0 Å². The molecule has 1 atom stereocenters. The van der Waals surface area contributed by atoms with E-state index < -0.39 is 14.9 Å². The Labute approximate surface area is 294 Å². The fourth-order valence-corrected chi connectivity index (χ4v) is 7.47. The first-order valence-corrected chi connectivity index (χ1v) is 17.1. The molecule has 47 heavy (non-hydrogen) atoms. The van der Waals surface area contributed by atoms with Crippen molar-refractivity contribution in [2.45, 2.75) is 32.4 Å². The molecule has 0 saturated heterocycles. The molecular formula is C41H39F2NOSiTi+2.